The molecule has 0 bridgehead atoms. The minimum atomic E-state index is -0.136. The van der Waals surface area contributed by atoms with Crippen LogP contribution in [0.2, 0.25) is 0 Å². The van der Waals surface area contributed by atoms with Gasteiger partial charge in [0.1, 0.15) is 0 Å². The van der Waals surface area contributed by atoms with E-state index in [-0.39, 0.29) is 11.8 Å². The van der Waals surface area contributed by atoms with Crippen LogP contribution in [0.1, 0.15) is 27.9 Å². The van der Waals surface area contributed by atoms with E-state index >= 15 is 0 Å². The van der Waals surface area contributed by atoms with E-state index in [1.807, 2.05) is 71.6 Å². The van der Waals surface area contributed by atoms with Gasteiger partial charge in [-0.05, 0) is 47.9 Å². The summed E-state index contributed by atoms with van der Waals surface area (Å²) in [7, 11) is 0. The molecular formula is C23H20N2O2. The predicted molar refractivity (Wildman–Crippen MR) is 107 cm³/mol. The second-order valence-corrected chi connectivity index (χ2v) is 6.63. The fourth-order valence-electron chi connectivity index (χ4n) is 3.37. The summed E-state index contributed by atoms with van der Waals surface area (Å²) < 4.78 is 0. The van der Waals surface area contributed by atoms with Crippen molar-refractivity contribution in [3.8, 4) is 0 Å². The highest BCUT2D eigenvalue weighted by Gasteiger charge is 2.24. The highest BCUT2D eigenvalue weighted by molar-refractivity contribution is 6.04. The second kappa shape index (κ2) is 7.46. The van der Waals surface area contributed by atoms with Crippen LogP contribution < -0.4 is 10.2 Å². The molecule has 1 N–H and O–H groups in total. The minimum absolute atomic E-state index is 0.132. The van der Waals surface area contributed by atoms with E-state index in [4.69, 9.17) is 0 Å². The smallest absolute Gasteiger partial charge is 0.255 e. The number of carbonyl (C=O) groups is 2. The van der Waals surface area contributed by atoms with Crippen LogP contribution in [0.4, 0.5) is 11.4 Å². The molecule has 134 valence electrons. The van der Waals surface area contributed by atoms with E-state index in [2.05, 4.69) is 5.32 Å². The maximum absolute atomic E-state index is 12.5. The Morgan fingerprint density at radius 1 is 0.889 bits per heavy atom. The molecule has 0 fully saturated rings. The number of benzene rings is 3. The molecule has 0 radical (unpaired) electrons. The molecule has 0 atom stereocenters. The number of aryl methyl sites for hydroxylation is 1. The van der Waals surface area contributed by atoms with Gasteiger partial charge in [0, 0.05) is 23.4 Å². The molecule has 4 heteroatoms. The van der Waals surface area contributed by atoms with E-state index in [9.17, 15) is 9.59 Å². The molecule has 1 heterocycles. The van der Waals surface area contributed by atoms with Crippen LogP contribution in [0.15, 0.2) is 78.9 Å². The van der Waals surface area contributed by atoms with E-state index in [0.29, 0.717) is 24.9 Å². The quantitative estimate of drug-likeness (QED) is 0.752. The standard InChI is InChI=1S/C23H20N2O2/c26-22-14-11-19-15-20(24-23(27)18-9-5-2-6-10-18)12-13-21(19)25(22)16-17-7-3-1-4-8-17/h1-10,12-13,15H,11,14,16H2,(H,24,27). The van der Waals surface area contributed by atoms with Crippen molar-refractivity contribution in [2.24, 2.45) is 0 Å². The third-order valence-corrected chi connectivity index (χ3v) is 4.76. The maximum Gasteiger partial charge on any atom is 0.255 e. The van der Waals surface area contributed by atoms with Gasteiger partial charge < -0.3 is 10.2 Å². The van der Waals surface area contributed by atoms with E-state index in [1.54, 1.807) is 12.1 Å². The first kappa shape index (κ1) is 17.0. The lowest BCUT2D eigenvalue weighted by atomic mass is 9.99. The van der Waals surface area contributed by atoms with E-state index in [0.717, 1.165) is 22.5 Å². The first-order valence-electron chi connectivity index (χ1n) is 9.04. The number of rotatable bonds is 4. The summed E-state index contributed by atoms with van der Waals surface area (Å²) >= 11 is 0. The maximum atomic E-state index is 12.5. The molecule has 0 aromatic heterocycles. The summed E-state index contributed by atoms with van der Waals surface area (Å²) in [5.41, 5.74) is 4.47. The lowest BCUT2D eigenvalue weighted by Crippen LogP contribution is -2.34. The molecule has 0 saturated heterocycles. The molecule has 27 heavy (non-hydrogen) atoms. The van der Waals surface area contributed by atoms with Gasteiger partial charge in [0.25, 0.3) is 5.91 Å². The number of nitrogens with one attached hydrogen (secondary N) is 1. The van der Waals surface area contributed by atoms with Gasteiger partial charge in [0.05, 0.1) is 6.54 Å². The van der Waals surface area contributed by atoms with E-state index < -0.39 is 0 Å². The van der Waals surface area contributed by atoms with Crippen LogP contribution in [0, 0.1) is 0 Å². The highest BCUT2D eigenvalue weighted by Crippen LogP contribution is 2.31. The lowest BCUT2D eigenvalue weighted by Gasteiger charge is -2.30. The summed E-state index contributed by atoms with van der Waals surface area (Å²) in [6.07, 6.45) is 1.17. The summed E-state index contributed by atoms with van der Waals surface area (Å²) in [6, 6.07) is 24.9. The Hall–Kier alpha value is -3.40. The van der Waals surface area contributed by atoms with Gasteiger partial charge in [0.2, 0.25) is 5.91 Å². The number of nitrogens with zero attached hydrogens (tertiary/aromatic N) is 1. The van der Waals surface area contributed by atoms with Gasteiger partial charge in [-0.1, -0.05) is 48.5 Å². The average Bonchev–Trinajstić information content (AvgIpc) is 2.71. The Morgan fingerprint density at radius 2 is 1.59 bits per heavy atom. The van der Waals surface area contributed by atoms with Crippen molar-refractivity contribution in [1.29, 1.82) is 0 Å². The van der Waals surface area contributed by atoms with Crippen LogP contribution in [-0.2, 0) is 17.8 Å². The number of hydrogen-bond acceptors (Lipinski definition) is 2. The molecule has 0 unspecified atom stereocenters. The first-order chi connectivity index (χ1) is 13.2. The number of amides is 2. The van der Waals surface area contributed by atoms with Gasteiger partial charge in [-0.3, -0.25) is 9.59 Å². The van der Waals surface area contributed by atoms with Gasteiger partial charge in [-0.2, -0.15) is 0 Å². The molecule has 2 amide bonds. The Morgan fingerprint density at radius 3 is 2.33 bits per heavy atom. The zero-order chi connectivity index (χ0) is 18.6. The average molecular weight is 356 g/mol. The molecule has 0 spiro atoms. The van der Waals surface area contributed by atoms with Crippen LogP contribution in [0.25, 0.3) is 0 Å². The SMILES string of the molecule is O=C(Nc1ccc2c(c1)CCC(=O)N2Cc1ccccc1)c1ccccc1. The topological polar surface area (TPSA) is 49.4 Å². The third kappa shape index (κ3) is 3.75. The van der Waals surface area contributed by atoms with Crippen LogP contribution in [0.5, 0.6) is 0 Å². The Kier molecular flexibility index (Phi) is 4.71. The molecule has 3 aromatic rings. The fourth-order valence-corrected chi connectivity index (χ4v) is 3.37. The van der Waals surface area contributed by atoms with Crippen molar-refractivity contribution in [3.05, 3.63) is 95.6 Å². The highest BCUT2D eigenvalue weighted by atomic mass is 16.2. The van der Waals surface area contributed by atoms with Crippen molar-refractivity contribution in [3.63, 3.8) is 0 Å². The molecule has 4 nitrogen and oxygen atoms in total. The second-order valence-electron chi connectivity index (χ2n) is 6.63. The van der Waals surface area contributed by atoms with Gasteiger partial charge >= 0.3 is 0 Å². The number of carbonyl (C=O) groups excluding carboxylic acids is 2. The van der Waals surface area contributed by atoms with Crippen molar-refractivity contribution >= 4 is 23.2 Å². The monoisotopic (exact) mass is 356 g/mol. The summed E-state index contributed by atoms with van der Waals surface area (Å²) in [5, 5.41) is 2.94. The predicted octanol–water partition coefficient (Wildman–Crippen LogP) is 4.42. The Labute approximate surface area is 158 Å². The summed E-state index contributed by atoms with van der Waals surface area (Å²) in [5.74, 6) is -0.00370. The molecule has 3 aromatic carbocycles. The Balaban J connectivity index is 1.56. The van der Waals surface area contributed by atoms with E-state index in [1.165, 1.54) is 0 Å². The van der Waals surface area contributed by atoms with Crippen molar-refractivity contribution < 1.29 is 9.59 Å². The molecular weight excluding hydrogens is 336 g/mol. The van der Waals surface area contributed by atoms with Gasteiger partial charge in [0.15, 0.2) is 0 Å². The number of fused-ring (bicyclic) bond motifs is 1. The van der Waals surface area contributed by atoms with Crippen LogP contribution in [0.3, 0.4) is 0 Å². The molecule has 0 saturated carbocycles. The molecule has 4 rings (SSSR count). The summed E-state index contributed by atoms with van der Waals surface area (Å²) in [4.78, 5) is 26.7. The molecule has 1 aliphatic heterocycles. The zero-order valence-corrected chi connectivity index (χ0v) is 14.9. The lowest BCUT2D eigenvalue weighted by molar-refractivity contribution is -0.119. The number of hydrogen-bond donors (Lipinski definition) is 1. The van der Waals surface area contributed by atoms with Crippen molar-refractivity contribution in [1.82, 2.24) is 0 Å². The minimum Gasteiger partial charge on any atom is -0.322 e. The summed E-state index contributed by atoms with van der Waals surface area (Å²) in [6.45, 7) is 0.558. The van der Waals surface area contributed by atoms with Crippen molar-refractivity contribution in [2.45, 2.75) is 19.4 Å². The van der Waals surface area contributed by atoms with Gasteiger partial charge in [-0.25, -0.2) is 0 Å². The fraction of sp³-hybridized carbons (Fsp3) is 0.130. The normalized spacial score (nSPS) is 13.2. The molecule has 1 aliphatic rings. The Bertz CT molecular complexity index is 968. The van der Waals surface area contributed by atoms with Crippen LogP contribution >= 0.6 is 0 Å². The van der Waals surface area contributed by atoms with Crippen molar-refractivity contribution in [2.75, 3.05) is 10.2 Å². The first-order valence-corrected chi connectivity index (χ1v) is 9.04. The largest absolute Gasteiger partial charge is 0.322 e. The number of anilines is 2. The third-order valence-electron chi connectivity index (χ3n) is 4.76. The zero-order valence-electron chi connectivity index (χ0n) is 14.9. The van der Waals surface area contributed by atoms with Crippen LogP contribution in [-0.4, -0.2) is 11.8 Å². The molecule has 0 aliphatic carbocycles. The van der Waals surface area contributed by atoms with Gasteiger partial charge in [-0.15, -0.1) is 0 Å².